The second-order valence-electron chi connectivity index (χ2n) is 4.95. The average molecular weight is 234 g/mol. The van der Waals surface area contributed by atoms with Gasteiger partial charge in [-0.2, -0.15) is 0 Å². The number of carboxylic acids is 1. The van der Waals surface area contributed by atoms with Gasteiger partial charge in [-0.25, -0.2) is 9.97 Å². The van der Waals surface area contributed by atoms with Gasteiger partial charge in [-0.05, 0) is 38.7 Å². The molecule has 1 aliphatic carbocycles. The molecule has 1 atom stereocenters. The topological polar surface area (TPSA) is 63.1 Å². The van der Waals surface area contributed by atoms with Crippen LogP contribution < -0.4 is 0 Å². The summed E-state index contributed by atoms with van der Waals surface area (Å²) in [6.07, 6.45) is 2.88. The molecule has 1 unspecified atom stereocenters. The second kappa shape index (κ2) is 4.43. The van der Waals surface area contributed by atoms with Crippen molar-refractivity contribution in [3.63, 3.8) is 0 Å². The van der Waals surface area contributed by atoms with Gasteiger partial charge in [0, 0.05) is 17.3 Å². The van der Waals surface area contributed by atoms with Gasteiger partial charge in [0.05, 0.1) is 5.92 Å². The van der Waals surface area contributed by atoms with Gasteiger partial charge in [-0.1, -0.05) is 6.92 Å². The first-order valence-corrected chi connectivity index (χ1v) is 6.06. The van der Waals surface area contributed by atoms with E-state index in [1.54, 1.807) is 6.92 Å². The zero-order valence-corrected chi connectivity index (χ0v) is 10.5. The molecule has 1 saturated carbocycles. The highest BCUT2D eigenvalue weighted by atomic mass is 16.4. The number of hydrogen-bond donors (Lipinski definition) is 1. The molecule has 0 spiro atoms. The van der Waals surface area contributed by atoms with Gasteiger partial charge in [0.25, 0.3) is 0 Å². The third kappa shape index (κ3) is 2.62. The Hall–Kier alpha value is -1.45. The number of rotatable bonds is 4. The number of carbonyl (C=O) groups is 1. The Labute approximate surface area is 101 Å². The number of carboxylic acid groups (broad SMARTS) is 1. The molecule has 1 N–H and O–H groups in total. The highest BCUT2D eigenvalue weighted by Crippen LogP contribution is 2.38. The maximum absolute atomic E-state index is 10.9. The first kappa shape index (κ1) is 12.0. The Morgan fingerprint density at radius 2 is 1.88 bits per heavy atom. The molecule has 1 fully saturated rings. The molecule has 4 nitrogen and oxygen atoms in total. The normalized spacial score (nSPS) is 16.9. The van der Waals surface area contributed by atoms with Crippen molar-refractivity contribution in [3.05, 3.63) is 22.8 Å². The summed E-state index contributed by atoms with van der Waals surface area (Å²) in [5.41, 5.74) is 2.87. The van der Waals surface area contributed by atoms with Crippen LogP contribution in [0.25, 0.3) is 0 Å². The molecule has 2 rings (SSSR count). The van der Waals surface area contributed by atoms with Gasteiger partial charge in [0.15, 0.2) is 0 Å². The van der Waals surface area contributed by atoms with Gasteiger partial charge >= 0.3 is 5.97 Å². The zero-order valence-electron chi connectivity index (χ0n) is 10.5. The molecule has 1 aromatic rings. The van der Waals surface area contributed by atoms with Gasteiger partial charge < -0.3 is 5.11 Å². The van der Waals surface area contributed by atoms with Crippen LogP contribution in [0.15, 0.2) is 0 Å². The smallest absolute Gasteiger partial charge is 0.306 e. The fraction of sp³-hybridized carbons (Fsp3) is 0.615. The first-order chi connectivity index (χ1) is 7.99. The monoisotopic (exact) mass is 234 g/mol. The average Bonchev–Trinajstić information content (AvgIpc) is 3.06. The zero-order chi connectivity index (χ0) is 12.6. The summed E-state index contributed by atoms with van der Waals surface area (Å²) in [5.74, 6) is 0.322. The van der Waals surface area contributed by atoms with Crippen molar-refractivity contribution < 1.29 is 9.90 Å². The molecule has 0 aliphatic heterocycles. The van der Waals surface area contributed by atoms with Crippen LogP contribution in [0.5, 0.6) is 0 Å². The maximum Gasteiger partial charge on any atom is 0.306 e. The summed E-state index contributed by atoms with van der Waals surface area (Å²) in [6.45, 7) is 5.62. The van der Waals surface area contributed by atoms with Crippen molar-refractivity contribution in [2.24, 2.45) is 5.92 Å². The Morgan fingerprint density at radius 1 is 1.35 bits per heavy atom. The van der Waals surface area contributed by atoms with Gasteiger partial charge in [0.1, 0.15) is 5.82 Å². The number of hydrogen-bond acceptors (Lipinski definition) is 3. The van der Waals surface area contributed by atoms with E-state index < -0.39 is 5.97 Å². The maximum atomic E-state index is 10.9. The van der Waals surface area contributed by atoms with E-state index >= 15 is 0 Å². The van der Waals surface area contributed by atoms with Crippen LogP contribution in [0.3, 0.4) is 0 Å². The SMILES string of the molecule is Cc1nc(C2CC2)nc(C)c1CC(C)C(=O)O. The van der Waals surface area contributed by atoms with Crippen molar-refractivity contribution in [3.8, 4) is 0 Å². The van der Waals surface area contributed by atoms with Crippen LogP contribution in [0, 0.1) is 19.8 Å². The summed E-state index contributed by atoms with van der Waals surface area (Å²) in [5, 5.41) is 8.94. The van der Waals surface area contributed by atoms with Crippen molar-refractivity contribution in [2.75, 3.05) is 0 Å². The Bertz CT molecular complexity index is 430. The van der Waals surface area contributed by atoms with Crippen LogP contribution in [-0.2, 0) is 11.2 Å². The third-order valence-electron chi connectivity index (χ3n) is 3.31. The van der Waals surface area contributed by atoms with E-state index in [-0.39, 0.29) is 5.92 Å². The second-order valence-corrected chi connectivity index (χ2v) is 4.95. The molecule has 4 heteroatoms. The molecule has 0 saturated heterocycles. The highest BCUT2D eigenvalue weighted by molar-refractivity contribution is 5.70. The molecule has 1 aromatic heterocycles. The van der Waals surface area contributed by atoms with E-state index in [0.29, 0.717) is 12.3 Å². The fourth-order valence-electron chi connectivity index (χ4n) is 1.98. The van der Waals surface area contributed by atoms with Crippen LogP contribution in [0.1, 0.15) is 48.5 Å². The molecule has 0 bridgehead atoms. The Kier molecular flexibility index (Phi) is 3.13. The summed E-state index contributed by atoms with van der Waals surface area (Å²) < 4.78 is 0. The summed E-state index contributed by atoms with van der Waals surface area (Å²) in [4.78, 5) is 19.9. The molecule has 1 heterocycles. The third-order valence-corrected chi connectivity index (χ3v) is 3.31. The lowest BCUT2D eigenvalue weighted by Crippen LogP contribution is -2.15. The van der Waals surface area contributed by atoms with Crippen molar-refractivity contribution in [2.45, 2.75) is 46.0 Å². The van der Waals surface area contributed by atoms with Crippen molar-refractivity contribution in [1.82, 2.24) is 9.97 Å². The predicted octanol–water partition coefficient (Wildman–Crippen LogP) is 2.23. The lowest BCUT2D eigenvalue weighted by atomic mass is 9.99. The molecular formula is C13H18N2O2. The van der Waals surface area contributed by atoms with Crippen LogP contribution in [0.4, 0.5) is 0 Å². The van der Waals surface area contributed by atoms with E-state index in [9.17, 15) is 4.79 Å². The van der Waals surface area contributed by atoms with Gasteiger partial charge in [-0.3, -0.25) is 4.79 Å². The highest BCUT2D eigenvalue weighted by Gasteiger charge is 2.27. The minimum atomic E-state index is -0.768. The van der Waals surface area contributed by atoms with Crippen LogP contribution in [0.2, 0.25) is 0 Å². The van der Waals surface area contributed by atoms with E-state index in [0.717, 1.165) is 22.8 Å². The van der Waals surface area contributed by atoms with Crippen LogP contribution in [-0.4, -0.2) is 21.0 Å². The van der Waals surface area contributed by atoms with E-state index in [2.05, 4.69) is 9.97 Å². The first-order valence-electron chi connectivity index (χ1n) is 6.06. The standard InChI is InChI=1S/C13H18N2O2/c1-7(13(16)17)6-11-8(2)14-12(10-4-5-10)15-9(11)3/h7,10H,4-6H2,1-3H3,(H,16,17). The molecule has 0 aromatic carbocycles. The minimum Gasteiger partial charge on any atom is -0.481 e. The minimum absolute atomic E-state index is 0.386. The lowest BCUT2D eigenvalue weighted by Gasteiger charge is -2.12. The summed E-state index contributed by atoms with van der Waals surface area (Å²) in [7, 11) is 0. The molecule has 92 valence electrons. The Morgan fingerprint density at radius 3 is 2.29 bits per heavy atom. The van der Waals surface area contributed by atoms with Crippen LogP contribution >= 0.6 is 0 Å². The quantitative estimate of drug-likeness (QED) is 0.867. The molecule has 17 heavy (non-hydrogen) atoms. The molecule has 0 radical (unpaired) electrons. The van der Waals surface area contributed by atoms with E-state index in [1.165, 1.54) is 12.8 Å². The molecular weight excluding hydrogens is 216 g/mol. The summed E-state index contributed by atoms with van der Waals surface area (Å²) in [6, 6.07) is 0. The number of aromatic nitrogens is 2. The number of aliphatic carboxylic acids is 1. The number of aryl methyl sites for hydroxylation is 2. The molecule has 0 amide bonds. The van der Waals surface area contributed by atoms with Gasteiger partial charge in [-0.15, -0.1) is 0 Å². The number of nitrogens with zero attached hydrogens (tertiary/aromatic N) is 2. The largest absolute Gasteiger partial charge is 0.481 e. The van der Waals surface area contributed by atoms with E-state index in [4.69, 9.17) is 5.11 Å². The van der Waals surface area contributed by atoms with Gasteiger partial charge in [0.2, 0.25) is 0 Å². The van der Waals surface area contributed by atoms with Crippen molar-refractivity contribution in [1.29, 1.82) is 0 Å². The predicted molar refractivity (Wildman–Crippen MR) is 64.0 cm³/mol. The van der Waals surface area contributed by atoms with Crippen molar-refractivity contribution >= 4 is 5.97 Å². The fourth-order valence-corrected chi connectivity index (χ4v) is 1.98. The lowest BCUT2D eigenvalue weighted by molar-refractivity contribution is -0.141. The Balaban J connectivity index is 2.25. The van der Waals surface area contributed by atoms with E-state index in [1.807, 2.05) is 13.8 Å². The summed E-state index contributed by atoms with van der Waals surface area (Å²) >= 11 is 0. The molecule has 1 aliphatic rings.